The zero-order valence-corrected chi connectivity index (χ0v) is 18.9. The van der Waals surface area contributed by atoms with Gasteiger partial charge in [0.05, 0.1) is 11.7 Å². The van der Waals surface area contributed by atoms with Gasteiger partial charge in [0, 0.05) is 49.6 Å². The first kappa shape index (κ1) is 20.1. The predicted octanol–water partition coefficient (Wildman–Crippen LogP) is 5.24. The summed E-state index contributed by atoms with van der Waals surface area (Å²) < 4.78 is 2.49. The van der Waals surface area contributed by atoms with Gasteiger partial charge in [-0.2, -0.15) is 0 Å². The van der Waals surface area contributed by atoms with E-state index in [0.29, 0.717) is 6.04 Å². The minimum atomic E-state index is -0.00252. The number of hydrogen-bond acceptors (Lipinski definition) is 3. The molecule has 31 heavy (non-hydrogen) atoms. The average Bonchev–Trinajstić information content (AvgIpc) is 3.53. The van der Waals surface area contributed by atoms with Crippen molar-refractivity contribution >= 4 is 28.7 Å². The Kier molecular flexibility index (Phi) is 5.40. The van der Waals surface area contributed by atoms with Gasteiger partial charge < -0.3 is 19.7 Å². The lowest BCUT2D eigenvalue weighted by Gasteiger charge is -2.30. The number of nitrogens with one attached hydrogen (secondary N) is 1. The van der Waals surface area contributed by atoms with Gasteiger partial charge in [-0.1, -0.05) is 18.9 Å². The van der Waals surface area contributed by atoms with Crippen LogP contribution >= 0.6 is 12.2 Å². The Morgan fingerprint density at radius 3 is 2.45 bits per heavy atom. The molecule has 0 radical (unpaired) electrons. The lowest BCUT2D eigenvalue weighted by Crippen LogP contribution is -2.30. The highest BCUT2D eigenvalue weighted by molar-refractivity contribution is 7.80. The van der Waals surface area contributed by atoms with E-state index in [1.165, 1.54) is 37.1 Å². The summed E-state index contributed by atoms with van der Waals surface area (Å²) in [6, 6.07) is 19.8. The van der Waals surface area contributed by atoms with Crippen LogP contribution in [0.2, 0.25) is 0 Å². The summed E-state index contributed by atoms with van der Waals surface area (Å²) in [5, 5.41) is 4.33. The molecule has 1 saturated heterocycles. The smallest absolute Gasteiger partial charge is 0.174 e. The van der Waals surface area contributed by atoms with E-state index < -0.39 is 0 Å². The Balaban J connectivity index is 1.59. The lowest BCUT2D eigenvalue weighted by molar-refractivity contribution is 0.461. The van der Waals surface area contributed by atoms with E-state index in [9.17, 15) is 0 Å². The molecule has 0 bridgehead atoms. The van der Waals surface area contributed by atoms with Crippen LogP contribution in [0.25, 0.3) is 0 Å². The minimum absolute atomic E-state index is 0.00252. The number of pyridine rings is 1. The van der Waals surface area contributed by atoms with E-state index in [2.05, 4.69) is 93.5 Å². The molecule has 1 aliphatic heterocycles. The third-order valence-corrected chi connectivity index (χ3v) is 6.89. The van der Waals surface area contributed by atoms with E-state index in [0.717, 1.165) is 16.5 Å². The van der Waals surface area contributed by atoms with E-state index in [-0.39, 0.29) is 12.1 Å². The Hall–Kier alpha value is -2.86. The molecule has 0 amide bonds. The van der Waals surface area contributed by atoms with Crippen molar-refractivity contribution in [2.45, 2.75) is 43.8 Å². The van der Waals surface area contributed by atoms with Gasteiger partial charge in [-0.3, -0.25) is 4.98 Å². The van der Waals surface area contributed by atoms with Crippen molar-refractivity contribution in [2.24, 2.45) is 0 Å². The number of benzene rings is 1. The fraction of sp³-hybridized carbons (Fsp3) is 0.360. The third-order valence-electron chi connectivity index (χ3n) is 6.58. The number of rotatable bonds is 5. The van der Waals surface area contributed by atoms with Gasteiger partial charge >= 0.3 is 0 Å². The molecule has 5 nitrogen and oxygen atoms in total. The number of aromatic nitrogens is 2. The molecule has 2 unspecified atom stereocenters. The number of nitrogens with zero attached hydrogens (tertiary/aromatic N) is 4. The molecule has 0 spiro atoms. The van der Waals surface area contributed by atoms with Crippen LogP contribution in [-0.4, -0.2) is 28.8 Å². The third kappa shape index (κ3) is 3.69. The molecule has 5 rings (SSSR count). The van der Waals surface area contributed by atoms with Crippen molar-refractivity contribution in [3.63, 3.8) is 0 Å². The molecule has 2 aliphatic rings. The molecular weight excluding hydrogens is 402 g/mol. The molecule has 3 aromatic rings. The van der Waals surface area contributed by atoms with Crippen molar-refractivity contribution in [1.29, 1.82) is 0 Å². The fourth-order valence-corrected chi connectivity index (χ4v) is 5.36. The maximum Gasteiger partial charge on any atom is 0.174 e. The second-order valence-corrected chi connectivity index (χ2v) is 9.07. The van der Waals surface area contributed by atoms with E-state index >= 15 is 0 Å². The summed E-state index contributed by atoms with van der Waals surface area (Å²) in [7, 11) is 4.12. The monoisotopic (exact) mass is 431 g/mol. The van der Waals surface area contributed by atoms with Crippen LogP contribution in [0.5, 0.6) is 0 Å². The highest BCUT2D eigenvalue weighted by atomic mass is 32.1. The molecule has 1 aromatic carbocycles. The van der Waals surface area contributed by atoms with E-state index in [4.69, 9.17) is 12.2 Å². The largest absolute Gasteiger partial charge is 0.378 e. The van der Waals surface area contributed by atoms with Crippen molar-refractivity contribution in [1.82, 2.24) is 14.9 Å². The van der Waals surface area contributed by atoms with Crippen molar-refractivity contribution in [3.05, 3.63) is 78.4 Å². The Labute approximate surface area is 189 Å². The zero-order chi connectivity index (χ0) is 21.4. The number of anilines is 2. The summed E-state index contributed by atoms with van der Waals surface area (Å²) >= 11 is 5.88. The summed E-state index contributed by atoms with van der Waals surface area (Å²) in [5.74, 6) is 0. The van der Waals surface area contributed by atoms with Gasteiger partial charge in [-0.05, 0) is 73.6 Å². The van der Waals surface area contributed by atoms with E-state index in [1.54, 1.807) is 0 Å². The normalized spacial score (nSPS) is 21.5. The Bertz CT molecular complexity index is 1040. The van der Waals surface area contributed by atoms with Gasteiger partial charge in [-0.25, -0.2) is 0 Å². The number of thiocarbonyl (C=S) groups is 1. The van der Waals surface area contributed by atoms with Gasteiger partial charge in [-0.15, -0.1) is 0 Å². The Morgan fingerprint density at radius 2 is 1.77 bits per heavy atom. The van der Waals surface area contributed by atoms with Crippen molar-refractivity contribution in [3.8, 4) is 0 Å². The molecule has 2 fully saturated rings. The summed E-state index contributed by atoms with van der Waals surface area (Å²) in [6.45, 7) is 0. The topological polar surface area (TPSA) is 36.3 Å². The fourth-order valence-electron chi connectivity index (χ4n) is 5.02. The van der Waals surface area contributed by atoms with Gasteiger partial charge in [0.15, 0.2) is 5.11 Å². The Morgan fingerprint density at radius 1 is 1.00 bits per heavy atom. The van der Waals surface area contributed by atoms with Crippen LogP contribution < -0.4 is 15.1 Å². The molecule has 160 valence electrons. The van der Waals surface area contributed by atoms with Crippen molar-refractivity contribution < 1.29 is 0 Å². The molecule has 1 aliphatic carbocycles. The quantitative estimate of drug-likeness (QED) is 0.559. The first-order valence-electron chi connectivity index (χ1n) is 11.1. The molecular formula is C25H29N5S. The molecule has 6 heteroatoms. The van der Waals surface area contributed by atoms with Crippen LogP contribution in [0.1, 0.15) is 55.2 Å². The minimum Gasteiger partial charge on any atom is -0.378 e. The van der Waals surface area contributed by atoms with Gasteiger partial charge in [0.1, 0.15) is 6.04 Å². The average molecular weight is 432 g/mol. The summed E-state index contributed by atoms with van der Waals surface area (Å²) in [4.78, 5) is 9.07. The van der Waals surface area contributed by atoms with Crippen LogP contribution in [0.3, 0.4) is 0 Å². The van der Waals surface area contributed by atoms with Crippen molar-refractivity contribution in [2.75, 3.05) is 23.9 Å². The van der Waals surface area contributed by atoms with Crippen LogP contribution in [0, 0.1) is 0 Å². The maximum atomic E-state index is 5.88. The first-order valence-corrected chi connectivity index (χ1v) is 11.5. The molecule has 1 saturated carbocycles. The van der Waals surface area contributed by atoms with Crippen LogP contribution in [0.15, 0.2) is 67.0 Å². The highest BCUT2D eigenvalue weighted by Gasteiger charge is 2.42. The second-order valence-electron chi connectivity index (χ2n) is 8.69. The zero-order valence-electron chi connectivity index (χ0n) is 18.1. The first-order chi connectivity index (χ1) is 15.1. The standard InChI is InChI=1S/C25H29N5S/c1-28(2)18-12-14-20(15-13-18)30-24(22-11-7-17-29(22)19-8-3-4-9-19)23(27-25(30)31)21-10-5-6-16-26-21/h5-7,10-17,19,23-24H,3-4,8-9H2,1-2H3,(H,27,31). The predicted molar refractivity (Wildman–Crippen MR) is 131 cm³/mol. The van der Waals surface area contributed by atoms with Crippen LogP contribution in [-0.2, 0) is 0 Å². The van der Waals surface area contributed by atoms with Gasteiger partial charge in [0.25, 0.3) is 0 Å². The second kappa shape index (κ2) is 8.35. The maximum absolute atomic E-state index is 5.88. The highest BCUT2D eigenvalue weighted by Crippen LogP contribution is 2.43. The molecule has 3 heterocycles. The molecule has 1 N–H and O–H groups in total. The summed E-state index contributed by atoms with van der Waals surface area (Å²) in [6.07, 6.45) is 9.22. The summed E-state index contributed by atoms with van der Waals surface area (Å²) in [5.41, 5.74) is 4.59. The van der Waals surface area contributed by atoms with Crippen LogP contribution in [0.4, 0.5) is 11.4 Å². The molecule has 2 aromatic heterocycles. The van der Waals surface area contributed by atoms with Gasteiger partial charge in [0.2, 0.25) is 0 Å². The SMILES string of the molecule is CN(C)c1ccc(N2C(=S)NC(c3ccccn3)C2c2cccn2C2CCCC2)cc1. The molecule has 2 atom stereocenters. The lowest BCUT2D eigenvalue weighted by atomic mass is 10.00. The van der Waals surface area contributed by atoms with E-state index in [1.807, 2.05) is 12.3 Å². The number of hydrogen-bond donors (Lipinski definition) is 1.